The van der Waals surface area contributed by atoms with Crippen molar-refractivity contribution in [3.8, 4) is 0 Å². The predicted molar refractivity (Wildman–Crippen MR) is 90.0 cm³/mol. The van der Waals surface area contributed by atoms with Gasteiger partial charge in [0.15, 0.2) is 0 Å². The molecule has 0 atom stereocenters. The normalized spacial score (nSPS) is 10.2. The fraction of sp³-hybridized carbons (Fsp3) is 0.125. The molecule has 21 heavy (non-hydrogen) atoms. The zero-order valence-corrected chi connectivity index (χ0v) is 13.8. The first-order chi connectivity index (χ1) is 9.90. The van der Waals surface area contributed by atoms with Crippen molar-refractivity contribution in [2.75, 3.05) is 5.32 Å². The highest BCUT2D eigenvalue weighted by Crippen LogP contribution is 2.21. The Hall–Kier alpha value is -1.89. The van der Waals surface area contributed by atoms with Gasteiger partial charge < -0.3 is 10.4 Å². The molecule has 0 aliphatic heterocycles. The summed E-state index contributed by atoms with van der Waals surface area (Å²) >= 11 is 2.11. The van der Waals surface area contributed by atoms with Crippen molar-refractivity contribution in [1.82, 2.24) is 0 Å². The summed E-state index contributed by atoms with van der Waals surface area (Å²) in [5.41, 5.74) is 2.76. The first-order valence-electron chi connectivity index (χ1n) is 6.30. The summed E-state index contributed by atoms with van der Waals surface area (Å²) in [6.07, 6.45) is 0. The van der Waals surface area contributed by atoms with Gasteiger partial charge in [0.1, 0.15) is 0 Å². The minimum absolute atomic E-state index is 0.0889. The van der Waals surface area contributed by atoms with Crippen LogP contribution < -0.4 is 5.32 Å². The molecule has 0 heterocycles. The fourth-order valence-corrected chi connectivity index (χ4v) is 2.56. The standard InChI is InChI=1S/C16H14INO3/c1-9-6-7-13(12(8-9)16(20)21)18-15(19)11-5-3-4-10(2)14(11)17/h3-8H,1-2H3,(H,18,19)(H,20,21). The Labute approximate surface area is 136 Å². The second-order valence-corrected chi connectivity index (χ2v) is 5.82. The molecule has 0 aliphatic carbocycles. The molecular formula is C16H14INO3. The highest BCUT2D eigenvalue weighted by Gasteiger charge is 2.16. The lowest BCUT2D eigenvalue weighted by atomic mass is 10.1. The summed E-state index contributed by atoms with van der Waals surface area (Å²) in [7, 11) is 0. The highest BCUT2D eigenvalue weighted by atomic mass is 127. The molecule has 0 aromatic heterocycles. The van der Waals surface area contributed by atoms with Crippen molar-refractivity contribution in [3.05, 3.63) is 62.2 Å². The number of carbonyl (C=O) groups is 2. The number of anilines is 1. The van der Waals surface area contributed by atoms with Crippen LogP contribution in [-0.2, 0) is 0 Å². The third-order valence-electron chi connectivity index (χ3n) is 3.09. The van der Waals surface area contributed by atoms with E-state index in [0.717, 1.165) is 14.7 Å². The van der Waals surface area contributed by atoms with Crippen molar-refractivity contribution in [2.24, 2.45) is 0 Å². The predicted octanol–water partition coefficient (Wildman–Crippen LogP) is 3.86. The van der Waals surface area contributed by atoms with Crippen molar-refractivity contribution in [1.29, 1.82) is 0 Å². The number of aryl methyl sites for hydroxylation is 2. The maximum atomic E-state index is 12.3. The Kier molecular flexibility index (Phi) is 4.62. The quantitative estimate of drug-likeness (QED) is 0.776. The van der Waals surface area contributed by atoms with E-state index < -0.39 is 5.97 Å². The fourth-order valence-electron chi connectivity index (χ4n) is 1.96. The molecule has 2 rings (SSSR count). The van der Waals surface area contributed by atoms with Gasteiger partial charge >= 0.3 is 5.97 Å². The average molecular weight is 395 g/mol. The van der Waals surface area contributed by atoms with E-state index in [1.54, 1.807) is 30.3 Å². The van der Waals surface area contributed by atoms with E-state index in [0.29, 0.717) is 11.3 Å². The van der Waals surface area contributed by atoms with Crippen molar-refractivity contribution < 1.29 is 14.7 Å². The first-order valence-corrected chi connectivity index (χ1v) is 7.38. The number of rotatable bonds is 3. The van der Waals surface area contributed by atoms with Gasteiger partial charge in [-0.3, -0.25) is 4.79 Å². The number of nitrogens with one attached hydrogen (secondary N) is 1. The smallest absolute Gasteiger partial charge is 0.337 e. The highest BCUT2D eigenvalue weighted by molar-refractivity contribution is 14.1. The Morgan fingerprint density at radius 3 is 2.48 bits per heavy atom. The van der Waals surface area contributed by atoms with Crippen LogP contribution in [0.15, 0.2) is 36.4 Å². The van der Waals surface area contributed by atoms with Crippen LogP contribution >= 0.6 is 22.6 Å². The van der Waals surface area contributed by atoms with E-state index in [2.05, 4.69) is 27.9 Å². The lowest BCUT2D eigenvalue weighted by Crippen LogP contribution is -2.16. The molecule has 108 valence electrons. The number of hydrogen-bond donors (Lipinski definition) is 2. The second-order valence-electron chi connectivity index (χ2n) is 4.74. The van der Waals surface area contributed by atoms with E-state index in [9.17, 15) is 14.7 Å². The van der Waals surface area contributed by atoms with Gasteiger partial charge in [0.05, 0.1) is 16.8 Å². The minimum atomic E-state index is -1.06. The van der Waals surface area contributed by atoms with Gasteiger partial charge in [-0.15, -0.1) is 0 Å². The Morgan fingerprint density at radius 2 is 1.81 bits per heavy atom. The molecule has 0 unspecified atom stereocenters. The molecule has 2 aromatic carbocycles. The van der Waals surface area contributed by atoms with Gasteiger partial charge in [-0.2, -0.15) is 0 Å². The summed E-state index contributed by atoms with van der Waals surface area (Å²) in [4.78, 5) is 23.6. The number of carbonyl (C=O) groups excluding carboxylic acids is 1. The molecule has 2 N–H and O–H groups in total. The number of aromatic carboxylic acids is 1. The van der Waals surface area contributed by atoms with E-state index >= 15 is 0 Å². The van der Waals surface area contributed by atoms with Crippen LogP contribution in [0.25, 0.3) is 0 Å². The topological polar surface area (TPSA) is 66.4 Å². The first kappa shape index (κ1) is 15.5. The van der Waals surface area contributed by atoms with Crippen LogP contribution in [-0.4, -0.2) is 17.0 Å². The van der Waals surface area contributed by atoms with Crippen molar-refractivity contribution in [2.45, 2.75) is 13.8 Å². The van der Waals surface area contributed by atoms with Crippen LogP contribution in [0.2, 0.25) is 0 Å². The molecule has 0 saturated carbocycles. The molecular weight excluding hydrogens is 381 g/mol. The van der Waals surface area contributed by atoms with E-state index in [4.69, 9.17) is 0 Å². The van der Waals surface area contributed by atoms with Gasteiger partial charge in [-0.1, -0.05) is 23.8 Å². The zero-order chi connectivity index (χ0) is 15.6. The molecule has 2 aromatic rings. The van der Waals surface area contributed by atoms with Crippen LogP contribution in [0.1, 0.15) is 31.8 Å². The molecule has 0 aliphatic rings. The number of amides is 1. The van der Waals surface area contributed by atoms with Crippen LogP contribution in [0.5, 0.6) is 0 Å². The van der Waals surface area contributed by atoms with Gasteiger partial charge in [0.2, 0.25) is 0 Å². The van der Waals surface area contributed by atoms with E-state index in [1.807, 2.05) is 19.9 Å². The summed E-state index contributed by atoms with van der Waals surface area (Å²) < 4.78 is 0.858. The van der Waals surface area contributed by atoms with E-state index in [-0.39, 0.29) is 11.5 Å². The van der Waals surface area contributed by atoms with Crippen molar-refractivity contribution >= 4 is 40.2 Å². The number of halogens is 1. The number of hydrogen-bond acceptors (Lipinski definition) is 2. The summed E-state index contributed by atoms with van der Waals surface area (Å²) in [6, 6.07) is 10.4. The Morgan fingerprint density at radius 1 is 1.10 bits per heavy atom. The molecule has 0 radical (unpaired) electrons. The van der Waals surface area contributed by atoms with Gasteiger partial charge in [-0.25, -0.2) is 4.79 Å². The monoisotopic (exact) mass is 395 g/mol. The zero-order valence-electron chi connectivity index (χ0n) is 11.6. The maximum Gasteiger partial charge on any atom is 0.337 e. The lowest BCUT2D eigenvalue weighted by Gasteiger charge is -2.11. The third-order valence-corrected chi connectivity index (χ3v) is 4.52. The van der Waals surface area contributed by atoms with Crippen LogP contribution in [0.4, 0.5) is 5.69 Å². The lowest BCUT2D eigenvalue weighted by molar-refractivity contribution is 0.0698. The van der Waals surface area contributed by atoms with Crippen LogP contribution in [0, 0.1) is 17.4 Å². The molecule has 0 spiro atoms. The second kappa shape index (κ2) is 6.26. The number of benzene rings is 2. The SMILES string of the molecule is Cc1ccc(NC(=O)c2cccc(C)c2I)c(C(=O)O)c1. The third kappa shape index (κ3) is 3.41. The summed E-state index contributed by atoms with van der Waals surface area (Å²) in [6.45, 7) is 3.73. The number of carboxylic acid groups (broad SMARTS) is 1. The average Bonchev–Trinajstić information content (AvgIpc) is 2.43. The largest absolute Gasteiger partial charge is 0.478 e. The molecule has 0 bridgehead atoms. The van der Waals surface area contributed by atoms with Crippen LogP contribution in [0.3, 0.4) is 0 Å². The van der Waals surface area contributed by atoms with Gasteiger partial charge in [0, 0.05) is 3.57 Å². The number of carboxylic acids is 1. The molecule has 5 heteroatoms. The van der Waals surface area contributed by atoms with Crippen molar-refractivity contribution in [3.63, 3.8) is 0 Å². The minimum Gasteiger partial charge on any atom is -0.478 e. The van der Waals surface area contributed by atoms with Gasteiger partial charge in [-0.05, 0) is 60.2 Å². The summed E-state index contributed by atoms with van der Waals surface area (Å²) in [5, 5.41) is 11.9. The Balaban J connectivity index is 2.36. The van der Waals surface area contributed by atoms with Gasteiger partial charge in [0.25, 0.3) is 5.91 Å². The molecule has 4 nitrogen and oxygen atoms in total. The maximum absolute atomic E-state index is 12.3. The summed E-state index contributed by atoms with van der Waals surface area (Å²) in [5.74, 6) is -1.37. The molecule has 1 amide bonds. The Bertz CT molecular complexity index is 725. The molecule has 0 fully saturated rings. The molecule has 0 saturated heterocycles. The van der Waals surface area contributed by atoms with E-state index in [1.165, 1.54) is 0 Å².